The van der Waals surface area contributed by atoms with Crippen LogP contribution in [0.4, 0.5) is 0 Å². The Hall–Kier alpha value is -1.58. The van der Waals surface area contributed by atoms with Gasteiger partial charge < -0.3 is 30.8 Å². The number of ether oxygens (including phenoxy) is 1. The molecule has 0 aliphatic carbocycles. The van der Waals surface area contributed by atoms with E-state index in [-0.39, 0.29) is 21.9 Å². The lowest BCUT2D eigenvalue weighted by Gasteiger charge is -2.36. The van der Waals surface area contributed by atoms with Gasteiger partial charge in [-0.3, -0.25) is 0 Å². The smallest absolute Gasteiger partial charge is 0.191 e. The first-order valence-corrected chi connectivity index (χ1v) is 11.8. The fourth-order valence-electron chi connectivity index (χ4n) is 3.67. The molecule has 6 nitrogen and oxygen atoms in total. The quantitative estimate of drug-likeness (QED) is 0.302. The van der Waals surface area contributed by atoms with Crippen molar-refractivity contribution in [2.75, 3.05) is 53.0 Å². The van der Waals surface area contributed by atoms with E-state index in [0.717, 1.165) is 49.4 Å². The van der Waals surface area contributed by atoms with Crippen molar-refractivity contribution in [2.45, 2.75) is 18.2 Å². The Bertz CT molecular complexity index is 985. The molecule has 2 aliphatic heterocycles. The van der Waals surface area contributed by atoms with E-state index in [1.54, 1.807) is 12.1 Å². The summed E-state index contributed by atoms with van der Waals surface area (Å²) in [6.07, 6.45) is 3.52. The number of aryl methyl sites for hydroxylation is 1. The summed E-state index contributed by atoms with van der Waals surface area (Å²) in [6, 6.07) is 14.5. The third-order valence-corrected chi connectivity index (χ3v) is 6.68. The number of halogens is 1. The Labute approximate surface area is 196 Å². The zero-order valence-electron chi connectivity index (χ0n) is 18.2. The molecule has 0 spiro atoms. The summed E-state index contributed by atoms with van der Waals surface area (Å²) in [5.74, 6) is 0. The number of morpholine rings is 1. The van der Waals surface area contributed by atoms with Crippen molar-refractivity contribution >= 4 is 16.3 Å². The van der Waals surface area contributed by atoms with Gasteiger partial charge in [-0.25, -0.2) is 13.0 Å². The third-order valence-electron chi connectivity index (χ3n) is 5.83. The highest BCUT2D eigenvalue weighted by molar-refractivity contribution is 7.85. The van der Waals surface area contributed by atoms with Crippen LogP contribution < -0.4 is 17.0 Å². The molecule has 0 radical (unpaired) electrons. The van der Waals surface area contributed by atoms with E-state index < -0.39 is 10.1 Å². The van der Waals surface area contributed by atoms with Crippen LogP contribution >= 0.6 is 0 Å². The fourth-order valence-corrected chi connectivity index (χ4v) is 4.14. The van der Waals surface area contributed by atoms with Gasteiger partial charge in [-0.05, 0) is 30.7 Å². The highest BCUT2D eigenvalue weighted by Gasteiger charge is 2.27. The summed E-state index contributed by atoms with van der Waals surface area (Å²) in [7, 11) is -1.91. The number of nitrogens with zero attached hydrogens (tertiary/aromatic N) is 2. The van der Waals surface area contributed by atoms with Gasteiger partial charge in [0.25, 0.3) is 0 Å². The first-order chi connectivity index (χ1) is 14.3. The van der Waals surface area contributed by atoms with E-state index in [9.17, 15) is 13.0 Å². The Morgan fingerprint density at radius 3 is 2.35 bits per heavy atom. The molecule has 2 aromatic rings. The van der Waals surface area contributed by atoms with Crippen LogP contribution in [0, 0.1) is 6.92 Å². The molecule has 0 amide bonds. The second kappa shape index (κ2) is 11.3. The van der Waals surface area contributed by atoms with Crippen molar-refractivity contribution in [1.82, 2.24) is 0 Å². The zero-order chi connectivity index (χ0) is 21.6. The second-order valence-corrected chi connectivity index (χ2v) is 9.66. The van der Waals surface area contributed by atoms with Gasteiger partial charge in [0.05, 0.1) is 25.2 Å². The first kappa shape index (κ1) is 25.7. The monoisotopic (exact) mass is 510 g/mol. The maximum atomic E-state index is 10.4. The molecular formula is C23H31BrN2O4S. The molecule has 2 aliphatic rings. The Morgan fingerprint density at radius 2 is 1.71 bits per heavy atom. The topological polar surface area (TPSA) is 69.4 Å². The third kappa shape index (κ3) is 7.80. The number of rotatable bonds is 4. The van der Waals surface area contributed by atoms with Gasteiger partial charge in [0.2, 0.25) is 0 Å². The summed E-state index contributed by atoms with van der Waals surface area (Å²) in [4.78, 5) is -0.178. The van der Waals surface area contributed by atoms with Crippen LogP contribution in [0.1, 0.15) is 16.7 Å². The minimum atomic E-state index is -4.27. The van der Waals surface area contributed by atoms with E-state index in [0.29, 0.717) is 0 Å². The summed E-state index contributed by atoms with van der Waals surface area (Å²) in [6.45, 7) is 9.52. The molecule has 4 rings (SSSR count). The van der Waals surface area contributed by atoms with Crippen molar-refractivity contribution in [3.05, 3.63) is 65.2 Å². The molecule has 0 saturated carbocycles. The SMILES string of the molecule is C[N+]1(CC[N+]2=Cc3ccccc3CC2)CCOCC1.Cc1ccc(S(=O)(=O)[O-])cc1.[Br-]. The van der Waals surface area contributed by atoms with E-state index in [2.05, 4.69) is 42.1 Å². The summed E-state index contributed by atoms with van der Waals surface area (Å²) >= 11 is 0. The Kier molecular flexibility index (Phi) is 9.39. The van der Waals surface area contributed by atoms with Crippen LogP contribution in [0.5, 0.6) is 0 Å². The zero-order valence-corrected chi connectivity index (χ0v) is 20.6. The number of fused-ring (bicyclic) bond motifs is 1. The number of likely N-dealkylation sites (N-methyl/N-ethyl adjacent to an activating group) is 1. The molecule has 1 fully saturated rings. The molecule has 8 heteroatoms. The van der Waals surface area contributed by atoms with Gasteiger partial charge in [-0.1, -0.05) is 35.9 Å². The first-order valence-electron chi connectivity index (χ1n) is 10.4. The number of quaternary nitrogens is 1. The van der Waals surface area contributed by atoms with Gasteiger partial charge in [-0.2, -0.15) is 0 Å². The Balaban J connectivity index is 0.000000245. The fraction of sp³-hybridized carbons (Fsp3) is 0.435. The lowest BCUT2D eigenvalue weighted by Crippen LogP contribution is -3.00. The molecule has 0 N–H and O–H groups in total. The van der Waals surface area contributed by atoms with Gasteiger partial charge in [0.1, 0.15) is 36.3 Å². The van der Waals surface area contributed by atoms with Crippen LogP contribution in [0.2, 0.25) is 0 Å². The van der Waals surface area contributed by atoms with Crippen molar-refractivity contribution in [3.8, 4) is 0 Å². The van der Waals surface area contributed by atoms with E-state index in [1.807, 2.05) is 6.92 Å². The predicted molar refractivity (Wildman–Crippen MR) is 116 cm³/mol. The maximum Gasteiger partial charge on any atom is 0.191 e. The Morgan fingerprint density at radius 1 is 1.06 bits per heavy atom. The normalized spacial score (nSPS) is 17.3. The summed E-state index contributed by atoms with van der Waals surface area (Å²) in [5.41, 5.74) is 3.82. The van der Waals surface area contributed by atoms with Gasteiger partial charge >= 0.3 is 0 Å². The van der Waals surface area contributed by atoms with Crippen LogP contribution in [-0.4, -0.2) is 81.2 Å². The molecule has 1 saturated heterocycles. The lowest BCUT2D eigenvalue weighted by atomic mass is 10.0. The maximum absolute atomic E-state index is 10.4. The van der Waals surface area contributed by atoms with Crippen molar-refractivity contribution < 1.29 is 43.7 Å². The molecule has 0 atom stereocenters. The molecule has 0 aromatic heterocycles. The number of hydrogen-bond acceptors (Lipinski definition) is 4. The lowest BCUT2D eigenvalue weighted by molar-refractivity contribution is -0.923. The van der Waals surface area contributed by atoms with E-state index in [1.165, 1.54) is 36.2 Å². The number of hydrogen-bond donors (Lipinski definition) is 0. The minimum absolute atomic E-state index is 0. The van der Waals surface area contributed by atoms with Gasteiger partial charge in [0, 0.05) is 12.0 Å². The predicted octanol–water partition coefficient (Wildman–Crippen LogP) is -0.946. The summed E-state index contributed by atoms with van der Waals surface area (Å²) < 4.78 is 40.3. The molecule has 170 valence electrons. The molecule has 2 aromatic carbocycles. The average Bonchev–Trinajstić information content (AvgIpc) is 2.73. The second-order valence-electron chi connectivity index (χ2n) is 8.28. The molecule has 0 unspecified atom stereocenters. The average molecular weight is 511 g/mol. The standard InChI is InChI=1S/C16H24N2O.C7H8O3S.BrH/c1-18(10-12-19-13-11-18)9-8-17-7-6-15-4-2-3-5-16(15)14-17;1-6-2-4-7(5-3-6)11(8,9)10;/h2-5,14H,6-13H2,1H3;2-5H,1H3,(H,8,9,10);1H/q+2;;/p-2. The van der Waals surface area contributed by atoms with Gasteiger partial charge in [-0.15, -0.1) is 0 Å². The molecule has 0 bridgehead atoms. The van der Waals surface area contributed by atoms with Crippen LogP contribution in [0.3, 0.4) is 0 Å². The van der Waals surface area contributed by atoms with Gasteiger partial charge in [0.15, 0.2) is 12.8 Å². The largest absolute Gasteiger partial charge is 1.00 e. The van der Waals surface area contributed by atoms with Crippen LogP contribution in [-0.2, 0) is 21.3 Å². The summed E-state index contributed by atoms with van der Waals surface area (Å²) in [5, 5.41) is 0. The molecule has 2 heterocycles. The van der Waals surface area contributed by atoms with Crippen molar-refractivity contribution in [1.29, 1.82) is 0 Å². The van der Waals surface area contributed by atoms with Crippen LogP contribution in [0.15, 0.2) is 53.4 Å². The molecular weight excluding hydrogens is 480 g/mol. The minimum Gasteiger partial charge on any atom is -1.00 e. The number of benzene rings is 2. The molecule has 31 heavy (non-hydrogen) atoms. The van der Waals surface area contributed by atoms with Crippen molar-refractivity contribution in [3.63, 3.8) is 0 Å². The highest BCUT2D eigenvalue weighted by atomic mass is 79.9. The van der Waals surface area contributed by atoms with E-state index >= 15 is 0 Å². The van der Waals surface area contributed by atoms with Crippen molar-refractivity contribution in [2.24, 2.45) is 0 Å². The highest BCUT2D eigenvalue weighted by Crippen LogP contribution is 2.12. The van der Waals surface area contributed by atoms with E-state index in [4.69, 9.17) is 4.74 Å². The van der Waals surface area contributed by atoms with Crippen LogP contribution in [0.25, 0.3) is 0 Å².